The van der Waals surface area contributed by atoms with Crippen LogP contribution in [0.25, 0.3) is 0 Å². The Labute approximate surface area is 132 Å². The maximum Gasteiger partial charge on any atom is 0.311 e. The van der Waals surface area contributed by atoms with Crippen molar-refractivity contribution in [1.82, 2.24) is 10.2 Å². The third-order valence-electron chi connectivity index (χ3n) is 3.84. The number of hydrogen-bond donors (Lipinski definition) is 2. The number of aromatic hydroxyl groups is 1. The Morgan fingerprint density at radius 1 is 1.32 bits per heavy atom. The second-order valence-corrected chi connectivity index (χ2v) is 6.19. The quantitative estimate of drug-likeness (QED) is 0.668. The molecule has 0 bridgehead atoms. The number of nitrogens with zero attached hydrogens (tertiary/aromatic N) is 2. The van der Waals surface area contributed by atoms with Crippen molar-refractivity contribution in [3.05, 3.63) is 56.3 Å². The van der Waals surface area contributed by atoms with E-state index < -0.39 is 4.92 Å². The van der Waals surface area contributed by atoms with E-state index in [9.17, 15) is 15.2 Å². The van der Waals surface area contributed by atoms with Crippen LogP contribution in [-0.2, 0) is 0 Å². The van der Waals surface area contributed by atoms with Crippen LogP contribution in [0.2, 0.25) is 0 Å². The maximum atomic E-state index is 11.1. The average Bonchev–Trinajstić information content (AvgIpc) is 3.04. The predicted octanol–water partition coefficient (Wildman–Crippen LogP) is 2.36. The van der Waals surface area contributed by atoms with Crippen LogP contribution in [0, 0.1) is 10.1 Å². The number of rotatable bonds is 4. The monoisotopic (exact) mass is 319 g/mol. The number of piperazine rings is 1. The van der Waals surface area contributed by atoms with Gasteiger partial charge in [0.1, 0.15) is 0 Å². The number of nitro groups is 1. The molecule has 7 heteroatoms. The smallest absolute Gasteiger partial charge is 0.311 e. The Bertz CT molecular complexity index is 654. The van der Waals surface area contributed by atoms with Crippen molar-refractivity contribution in [3.8, 4) is 5.75 Å². The van der Waals surface area contributed by atoms with Crippen molar-refractivity contribution in [1.29, 1.82) is 0 Å². The minimum atomic E-state index is -0.540. The zero-order valence-corrected chi connectivity index (χ0v) is 12.8. The van der Waals surface area contributed by atoms with E-state index in [1.165, 1.54) is 12.1 Å². The first-order valence-corrected chi connectivity index (χ1v) is 8.00. The van der Waals surface area contributed by atoms with Gasteiger partial charge in [0.2, 0.25) is 0 Å². The molecular weight excluding hydrogens is 302 g/mol. The van der Waals surface area contributed by atoms with E-state index in [2.05, 4.69) is 16.3 Å². The van der Waals surface area contributed by atoms with Gasteiger partial charge in [-0.3, -0.25) is 15.0 Å². The molecule has 116 valence electrons. The lowest BCUT2D eigenvalue weighted by Crippen LogP contribution is -2.45. The first-order valence-electron chi connectivity index (χ1n) is 7.12. The van der Waals surface area contributed by atoms with E-state index in [1.807, 2.05) is 11.4 Å². The van der Waals surface area contributed by atoms with Crippen molar-refractivity contribution in [2.24, 2.45) is 0 Å². The highest BCUT2D eigenvalue weighted by Crippen LogP contribution is 2.36. The van der Waals surface area contributed by atoms with E-state index in [-0.39, 0.29) is 17.5 Å². The summed E-state index contributed by atoms with van der Waals surface area (Å²) in [6.45, 7) is 3.58. The molecule has 1 fully saturated rings. The summed E-state index contributed by atoms with van der Waals surface area (Å²) >= 11 is 1.64. The molecule has 1 saturated heterocycles. The van der Waals surface area contributed by atoms with E-state index in [0.29, 0.717) is 0 Å². The fourth-order valence-electron chi connectivity index (χ4n) is 2.80. The topological polar surface area (TPSA) is 78.6 Å². The van der Waals surface area contributed by atoms with Crippen LogP contribution in [0.15, 0.2) is 35.7 Å². The molecule has 1 aliphatic heterocycles. The van der Waals surface area contributed by atoms with Crippen LogP contribution in [0.4, 0.5) is 5.69 Å². The van der Waals surface area contributed by atoms with Crippen molar-refractivity contribution in [3.63, 3.8) is 0 Å². The second kappa shape index (κ2) is 6.43. The molecule has 3 rings (SSSR count). The Balaban J connectivity index is 2.02. The Morgan fingerprint density at radius 2 is 2.09 bits per heavy atom. The highest BCUT2D eigenvalue weighted by Gasteiger charge is 2.27. The minimum absolute atomic E-state index is 0.0126. The molecule has 0 aliphatic carbocycles. The SMILES string of the molecule is O=[N+]([O-])c1cc([C@H](c2cccs2)N2CCNCC2)ccc1O. The van der Waals surface area contributed by atoms with E-state index in [4.69, 9.17) is 0 Å². The average molecular weight is 319 g/mol. The van der Waals surface area contributed by atoms with Crippen molar-refractivity contribution in [2.75, 3.05) is 26.2 Å². The van der Waals surface area contributed by atoms with Gasteiger partial charge in [0.25, 0.3) is 0 Å². The highest BCUT2D eigenvalue weighted by atomic mass is 32.1. The predicted molar refractivity (Wildman–Crippen MR) is 85.4 cm³/mol. The summed E-state index contributed by atoms with van der Waals surface area (Å²) in [5.74, 6) is -0.293. The van der Waals surface area contributed by atoms with Crippen molar-refractivity contribution in [2.45, 2.75) is 6.04 Å². The molecule has 1 aromatic carbocycles. The minimum Gasteiger partial charge on any atom is -0.502 e. The molecule has 1 aromatic heterocycles. The number of nitrogens with one attached hydrogen (secondary N) is 1. The first-order chi connectivity index (χ1) is 10.7. The molecule has 0 saturated carbocycles. The van der Waals surface area contributed by atoms with E-state index in [1.54, 1.807) is 17.4 Å². The standard InChI is InChI=1S/C15H17N3O3S/c19-13-4-3-11(10-12(13)18(20)21)15(14-2-1-9-22-14)17-7-5-16-6-8-17/h1-4,9-10,15-16,19H,5-8H2/t15-/m1/s1. The number of nitro benzene ring substituents is 1. The summed E-state index contributed by atoms with van der Waals surface area (Å²) in [5.41, 5.74) is 0.600. The molecule has 0 amide bonds. The summed E-state index contributed by atoms with van der Waals surface area (Å²) in [6.07, 6.45) is 0. The van der Waals surface area contributed by atoms with Crippen LogP contribution in [0.5, 0.6) is 5.75 Å². The van der Waals surface area contributed by atoms with Gasteiger partial charge in [-0.25, -0.2) is 0 Å². The van der Waals surface area contributed by atoms with Gasteiger partial charge in [0.15, 0.2) is 5.75 Å². The molecule has 0 radical (unpaired) electrons. The van der Waals surface area contributed by atoms with Crippen LogP contribution in [0.1, 0.15) is 16.5 Å². The lowest BCUT2D eigenvalue weighted by Gasteiger charge is -2.34. The third kappa shape index (κ3) is 2.96. The van der Waals surface area contributed by atoms with Crippen LogP contribution < -0.4 is 5.32 Å². The summed E-state index contributed by atoms with van der Waals surface area (Å²) in [6, 6.07) is 8.70. The molecular formula is C15H17N3O3S. The molecule has 2 aromatic rings. The highest BCUT2D eigenvalue weighted by molar-refractivity contribution is 7.10. The van der Waals surface area contributed by atoms with Crippen molar-refractivity contribution < 1.29 is 10.0 Å². The molecule has 0 unspecified atom stereocenters. The number of thiophene rings is 1. The fourth-order valence-corrected chi connectivity index (χ4v) is 3.68. The van der Waals surface area contributed by atoms with Crippen LogP contribution >= 0.6 is 11.3 Å². The van der Waals surface area contributed by atoms with Gasteiger partial charge in [0.05, 0.1) is 11.0 Å². The van der Waals surface area contributed by atoms with Gasteiger partial charge in [0, 0.05) is 37.1 Å². The second-order valence-electron chi connectivity index (χ2n) is 5.21. The molecule has 2 heterocycles. The summed E-state index contributed by atoms with van der Waals surface area (Å²) in [7, 11) is 0. The zero-order chi connectivity index (χ0) is 15.5. The van der Waals surface area contributed by atoms with Gasteiger partial charge >= 0.3 is 5.69 Å². The zero-order valence-electron chi connectivity index (χ0n) is 11.9. The van der Waals surface area contributed by atoms with Gasteiger partial charge in [-0.1, -0.05) is 12.1 Å². The summed E-state index contributed by atoms with van der Waals surface area (Å²) in [4.78, 5) is 14.0. The molecule has 2 N–H and O–H groups in total. The Kier molecular flexibility index (Phi) is 4.37. The van der Waals surface area contributed by atoms with E-state index >= 15 is 0 Å². The lowest BCUT2D eigenvalue weighted by molar-refractivity contribution is -0.385. The number of phenols is 1. The van der Waals surface area contributed by atoms with Crippen LogP contribution in [-0.4, -0.2) is 41.1 Å². The molecule has 1 atom stereocenters. The number of phenolic OH excluding ortho intramolecular Hbond substituents is 1. The van der Waals surface area contributed by atoms with Gasteiger partial charge in [-0.15, -0.1) is 11.3 Å². The number of hydrogen-bond acceptors (Lipinski definition) is 6. The van der Waals surface area contributed by atoms with Gasteiger partial charge in [-0.2, -0.15) is 0 Å². The van der Waals surface area contributed by atoms with Crippen molar-refractivity contribution >= 4 is 17.0 Å². The lowest BCUT2D eigenvalue weighted by atomic mass is 10.0. The molecule has 22 heavy (non-hydrogen) atoms. The maximum absolute atomic E-state index is 11.1. The van der Waals surface area contributed by atoms with Gasteiger partial charge in [-0.05, 0) is 23.1 Å². The first kappa shape index (κ1) is 15.0. The summed E-state index contributed by atoms with van der Waals surface area (Å²) < 4.78 is 0. The fraction of sp³-hybridized carbons (Fsp3) is 0.333. The number of benzene rings is 1. The largest absolute Gasteiger partial charge is 0.502 e. The van der Waals surface area contributed by atoms with Crippen LogP contribution in [0.3, 0.4) is 0 Å². The molecule has 0 spiro atoms. The van der Waals surface area contributed by atoms with E-state index in [0.717, 1.165) is 36.6 Å². The molecule has 6 nitrogen and oxygen atoms in total. The summed E-state index contributed by atoms with van der Waals surface area (Å²) in [5, 5.41) is 26.1. The third-order valence-corrected chi connectivity index (χ3v) is 4.77. The Hall–Kier alpha value is -1.96. The normalized spacial score (nSPS) is 17.3. The Morgan fingerprint density at radius 3 is 2.73 bits per heavy atom. The van der Waals surface area contributed by atoms with Gasteiger partial charge < -0.3 is 10.4 Å². The molecule has 1 aliphatic rings.